The Balaban J connectivity index is 2.64. The van der Waals surface area contributed by atoms with E-state index in [9.17, 15) is 0 Å². The molecule has 0 aliphatic carbocycles. The van der Waals surface area contributed by atoms with Gasteiger partial charge in [0.05, 0.1) is 14.2 Å². The molecule has 0 saturated heterocycles. The normalized spacial score (nSPS) is 10.1. The maximum absolute atomic E-state index is 5.45. The predicted molar refractivity (Wildman–Crippen MR) is 74.3 cm³/mol. The highest BCUT2D eigenvalue weighted by atomic mass is 31.0. The minimum Gasteiger partial charge on any atom is -0.496 e. The van der Waals surface area contributed by atoms with E-state index in [1.165, 1.54) is 0 Å². The van der Waals surface area contributed by atoms with E-state index >= 15 is 0 Å². The fourth-order valence-electron chi connectivity index (χ4n) is 1.86. The molecule has 2 nitrogen and oxygen atoms in total. The van der Waals surface area contributed by atoms with Crippen LogP contribution in [0, 0.1) is 0 Å². The quantitative estimate of drug-likeness (QED) is 0.775. The maximum atomic E-state index is 5.45. The van der Waals surface area contributed by atoms with Gasteiger partial charge in [-0.05, 0) is 6.07 Å². The molecular weight excluding hydrogens is 231 g/mol. The zero-order valence-corrected chi connectivity index (χ0v) is 11.1. The lowest BCUT2D eigenvalue weighted by Gasteiger charge is -2.13. The summed E-state index contributed by atoms with van der Waals surface area (Å²) < 4.78 is 10.8. The molecule has 0 saturated carbocycles. The third-order valence-electron chi connectivity index (χ3n) is 2.65. The largest absolute Gasteiger partial charge is 0.496 e. The first-order valence-corrected chi connectivity index (χ1v) is 5.91. The molecule has 17 heavy (non-hydrogen) atoms. The van der Waals surface area contributed by atoms with Crippen LogP contribution in [0.5, 0.6) is 11.5 Å². The van der Waals surface area contributed by atoms with E-state index in [0.717, 1.165) is 27.9 Å². The van der Waals surface area contributed by atoms with Crippen LogP contribution in [0.1, 0.15) is 0 Å². The predicted octanol–water partition coefficient (Wildman–Crippen LogP) is 2.87. The molecule has 88 valence electrons. The summed E-state index contributed by atoms with van der Waals surface area (Å²) in [5, 5.41) is 1.04. The number of rotatable bonds is 3. The third-order valence-corrected chi connectivity index (χ3v) is 3.10. The van der Waals surface area contributed by atoms with E-state index in [1.54, 1.807) is 14.2 Å². The highest BCUT2D eigenvalue weighted by molar-refractivity contribution is 7.27. The second-order valence-corrected chi connectivity index (χ2v) is 4.25. The molecule has 0 N–H and O–H groups in total. The van der Waals surface area contributed by atoms with Gasteiger partial charge in [0.15, 0.2) is 0 Å². The molecule has 2 aromatic carbocycles. The molecule has 0 amide bonds. The van der Waals surface area contributed by atoms with Gasteiger partial charge >= 0.3 is 0 Å². The highest BCUT2D eigenvalue weighted by Crippen LogP contribution is 2.35. The van der Waals surface area contributed by atoms with Crippen LogP contribution in [-0.2, 0) is 0 Å². The Morgan fingerprint density at radius 3 is 2.24 bits per heavy atom. The zero-order chi connectivity index (χ0) is 12.3. The lowest BCUT2D eigenvalue weighted by atomic mass is 10.0. The van der Waals surface area contributed by atoms with Crippen LogP contribution in [0.25, 0.3) is 11.1 Å². The molecular formula is C14H15O2P. The van der Waals surface area contributed by atoms with Crippen molar-refractivity contribution in [2.45, 2.75) is 0 Å². The molecule has 0 radical (unpaired) electrons. The number of methoxy groups -OCH3 is 2. The van der Waals surface area contributed by atoms with E-state index in [4.69, 9.17) is 9.47 Å². The lowest BCUT2D eigenvalue weighted by Crippen LogP contribution is -2.00. The van der Waals surface area contributed by atoms with Crippen molar-refractivity contribution < 1.29 is 9.47 Å². The Kier molecular flexibility index (Phi) is 3.65. The van der Waals surface area contributed by atoms with Crippen LogP contribution < -0.4 is 14.8 Å². The molecule has 1 atom stereocenters. The van der Waals surface area contributed by atoms with Crippen LogP contribution in [0.3, 0.4) is 0 Å². The summed E-state index contributed by atoms with van der Waals surface area (Å²) in [4.78, 5) is 0. The first-order chi connectivity index (χ1) is 8.27. The SMILES string of the molecule is COc1ccccc1-c1cccc(P)c1OC. The van der Waals surface area contributed by atoms with E-state index in [-0.39, 0.29) is 0 Å². The Morgan fingerprint density at radius 1 is 0.824 bits per heavy atom. The molecule has 0 spiro atoms. The Hall–Kier alpha value is -1.53. The van der Waals surface area contributed by atoms with Gasteiger partial charge in [-0.1, -0.05) is 36.4 Å². The first kappa shape index (κ1) is 11.9. The van der Waals surface area contributed by atoms with Crippen molar-refractivity contribution in [1.29, 1.82) is 0 Å². The average molecular weight is 246 g/mol. The van der Waals surface area contributed by atoms with E-state index in [1.807, 2.05) is 42.5 Å². The molecule has 3 heteroatoms. The van der Waals surface area contributed by atoms with Crippen molar-refractivity contribution in [2.75, 3.05) is 14.2 Å². The second-order valence-electron chi connectivity index (χ2n) is 3.63. The second kappa shape index (κ2) is 5.20. The molecule has 2 aromatic rings. The summed E-state index contributed by atoms with van der Waals surface area (Å²) in [6.07, 6.45) is 0. The molecule has 0 aliphatic heterocycles. The van der Waals surface area contributed by atoms with Gasteiger partial charge in [0.1, 0.15) is 11.5 Å². The van der Waals surface area contributed by atoms with Crippen LogP contribution in [0.2, 0.25) is 0 Å². The molecule has 0 bridgehead atoms. The summed E-state index contributed by atoms with van der Waals surface area (Å²) in [5.41, 5.74) is 2.08. The van der Waals surface area contributed by atoms with Gasteiger partial charge in [-0.25, -0.2) is 0 Å². The molecule has 0 aliphatic rings. The number of ether oxygens (including phenoxy) is 2. The van der Waals surface area contributed by atoms with Crippen molar-refractivity contribution >= 4 is 14.5 Å². The fourth-order valence-corrected chi connectivity index (χ4v) is 2.25. The van der Waals surface area contributed by atoms with E-state index in [2.05, 4.69) is 9.24 Å². The first-order valence-electron chi connectivity index (χ1n) is 5.33. The average Bonchev–Trinajstić information content (AvgIpc) is 2.38. The Labute approximate surface area is 104 Å². The lowest BCUT2D eigenvalue weighted by molar-refractivity contribution is 0.412. The van der Waals surface area contributed by atoms with Gasteiger partial charge in [0, 0.05) is 16.4 Å². The minimum atomic E-state index is 0.849. The van der Waals surface area contributed by atoms with E-state index < -0.39 is 0 Å². The minimum absolute atomic E-state index is 0.849. The summed E-state index contributed by atoms with van der Waals surface area (Å²) >= 11 is 0. The molecule has 2 rings (SSSR count). The standard InChI is InChI=1S/C14H15O2P/c1-15-12-8-4-3-6-10(12)11-7-5-9-13(17)14(11)16-2/h3-9H,17H2,1-2H3. The van der Waals surface area contributed by atoms with Gasteiger partial charge in [-0.3, -0.25) is 0 Å². The van der Waals surface area contributed by atoms with Crippen LogP contribution in [0.4, 0.5) is 0 Å². The van der Waals surface area contributed by atoms with Crippen molar-refractivity contribution in [3.63, 3.8) is 0 Å². The third kappa shape index (κ3) is 2.27. The summed E-state index contributed by atoms with van der Waals surface area (Å²) in [6.45, 7) is 0. The summed E-state index contributed by atoms with van der Waals surface area (Å²) in [7, 11) is 6.04. The molecule has 0 fully saturated rings. The van der Waals surface area contributed by atoms with Gasteiger partial charge in [-0.2, -0.15) is 0 Å². The van der Waals surface area contributed by atoms with Crippen LogP contribution in [-0.4, -0.2) is 14.2 Å². The smallest absolute Gasteiger partial charge is 0.133 e. The van der Waals surface area contributed by atoms with Crippen LogP contribution in [0.15, 0.2) is 42.5 Å². The van der Waals surface area contributed by atoms with Gasteiger partial charge < -0.3 is 9.47 Å². The molecule has 1 unspecified atom stereocenters. The van der Waals surface area contributed by atoms with Crippen molar-refractivity contribution in [2.24, 2.45) is 0 Å². The molecule has 0 aromatic heterocycles. The molecule has 0 heterocycles. The van der Waals surface area contributed by atoms with Crippen molar-refractivity contribution in [1.82, 2.24) is 0 Å². The number of para-hydroxylation sites is 2. The Morgan fingerprint density at radius 2 is 1.53 bits per heavy atom. The van der Waals surface area contributed by atoms with E-state index in [0.29, 0.717) is 0 Å². The summed E-state index contributed by atoms with van der Waals surface area (Å²) in [6, 6.07) is 14.0. The Bertz CT molecular complexity index is 523. The number of benzene rings is 2. The van der Waals surface area contributed by atoms with Crippen LogP contribution >= 0.6 is 9.24 Å². The zero-order valence-electron chi connectivity index (χ0n) is 9.94. The number of hydrogen-bond acceptors (Lipinski definition) is 2. The summed E-state index contributed by atoms with van der Waals surface area (Å²) in [5.74, 6) is 1.71. The van der Waals surface area contributed by atoms with Gasteiger partial charge in [-0.15, -0.1) is 9.24 Å². The highest BCUT2D eigenvalue weighted by Gasteiger charge is 2.11. The van der Waals surface area contributed by atoms with Gasteiger partial charge in [0.2, 0.25) is 0 Å². The van der Waals surface area contributed by atoms with Gasteiger partial charge in [0.25, 0.3) is 0 Å². The fraction of sp³-hybridized carbons (Fsp3) is 0.143. The maximum Gasteiger partial charge on any atom is 0.133 e. The number of hydrogen-bond donors (Lipinski definition) is 0. The monoisotopic (exact) mass is 246 g/mol. The van der Waals surface area contributed by atoms with Crippen molar-refractivity contribution in [3.05, 3.63) is 42.5 Å². The topological polar surface area (TPSA) is 18.5 Å². The van der Waals surface area contributed by atoms with Crippen molar-refractivity contribution in [3.8, 4) is 22.6 Å².